The van der Waals surface area contributed by atoms with Crippen LogP contribution in [-0.4, -0.2) is 19.5 Å². The van der Waals surface area contributed by atoms with E-state index in [0.29, 0.717) is 5.92 Å². The van der Waals surface area contributed by atoms with Crippen LogP contribution in [0.15, 0.2) is 65.7 Å². The van der Waals surface area contributed by atoms with Crippen molar-refractivity contribution in [2.45, 2.75) is 25.3 Å². The predicted octanol–water partition coefficient (Wildman–Crippen LogP) is 5.18. The van der Waals surface area contributed by atoms with Crippen molar-refractivity contribution in [3.63, 3.8) is 0 Å². The van der Waals surface area contributed by atoms with Crippen molar-refractivity contribution in [1.82, 2.24) is 19.5 Å². The molecule has 5 rings (SSSR count). The molecule has 3 aromatic heterocycles. The van der Waals surface area contributed by atoms with E-state index in [2.05, 4.69) is 65.9 Å². The lowest BCUT2D eigenvalue weighted by molar-refractivity contribution is 0.822. The van der Waals surface area contributed by atoms with Gasteiger partial charge in [0.15, 0.2) is 5.82 Å². The van der Waals surface area contributed by atoms with Gasteiger partial charge in [0.25, 0.3) is 0 Å². The average molecular weight is 405 g/mol. The normalized spacial score (nSPS) is 14.0. The third-order valence-corrected chi connectivity index (χ3v) is 5.67. The Morgan fingerprint density at radius 1 is 1.00 bits per heavy atom. The zero-order chi connectivity index (χ0) is 17.5. The van der Waals surface area contributed by atoms with E-state index in [1.165, 1.54) is 24.0 Å². The highest BCUT2D eigenvalue weighted by Gasteiger charge is 2.24. The first-order valence-corrected chi connectivity index (χ1v) is 9.58. The molecule has 0 aliphatic heterocycles. The molecule has 0 spiro atoms. The highest BCUT2D eigenvalue weighted by atomic mass is 79.9. The average Bonchev–Trinajstić information content (AvgIpc) is 3.47. The third-order valence-electron chi connectivity index (χ3n) is 4.89. The summed E-state index contributed by atoms with van der Waals surface area (Å²) >= 11 is 3.64. The second-order valence-electron chi connectivity index (χ2n) is 6.75. The molecule has 0 N–H and O–H groups in total. The van der Waals surface area contributed by atoms with Gasteiger partial charge in [0, 0.05) is 40.2 Å². The molecule has 1 aromatic carbocycles. The smallest absolute Gasteiger partial charge is 0.161 e. The maximum absolute atomic E-state index is 4.64. The van der Waals surface area contributed by atoms with E-state index in [-0.39, 0.29) is 0 Å². The van der Waals surface area contributed by atoms with Gasteiger partial charge in [-0.05, 0) is 48.1 Å². The predicted molar refractivity (Wildman–Crippen MR) is 106 cm³/mol. The number of hydrogen-bond donors (Lipinski definition) is 0. The molecule has 1 fully saturated rings. The SMILES string of the molecule is Brc1ccccc1Cn1cc(-c2ncc(C3CC3)cn2)c2cccnc21. The Labute approximate surface area is 160 Å². The van der Waals surface area contributed by atoms with Crippen molar-refractivity contribution in [3.05, 3.63) is 76.8 Å². The molecule has 0 radical (unpaired) electrons. The molecule has 0 amide bonds. The molecule has 4 aromatic rings. The van der Waals surface area contributed by atoms with E-state index >= 15 is 0 Å². The minimum atomic E-state index is 0.669. The minimum Gasteiger partial charge on any atom is -0.327 e. The van der Waals surface area contributed by atoms with Gasteiger partial charge >= 0.3 is 0 Å². The van der Waals surface area contributed by atoms with Crippen molar-refractivity contribution in [3.8, 4) is 11.4 Å². The molecule has 1 aliphatic rings. The molecule has 1 saturated carbocycles. The van der Waals surface area contributed by atoms with Crippen LogP contribution in [0.3, 0.4) is 0 Å². The second kappa shape index (κ2) is 6.32. The molecule has 0 unspecified atom stereocenters. The standard InChI is InChI=1S/C21H17BrN4/c22-19-6-2-1-4-15(19)12-26-13-18(17-5-3-9-23-21(17)26)20-24-10-16(11-25-20)14-7-8-14/h1-6,9-11,13-14H,7-8,12H2. The summed E-state index contributed by atoms with van der Waals surface area (Å²) < 4.78 is 3.27. The number of aromatic nitrogens is 4. The molecule has 128 valence electrons. The fraction of sp³-hybridized carbons (Fsp3) is 0.190. The molecule has 3 heterocycles. The first-order valence-electron chi connectivity index (χ1n) is 8.79. The Morgan fingerprint density at radius 3 is 2.58 bits per heavy atom. The lowest BCUT2D eigenvalue weighted by Crippen LogP contribution is -1.99. The van der Waals surface area contributed by atoms with Crippen LogP contribution >= 0.6 is 15.9 Å². The fourth-order valence-electron chi connectivity index (χ4n) is 3.34. The van der Waals surface area contributed by atoms with Gasteiger partial charge in [-0.25, -0.2) is 15.0 Å². The minimum absolute atomic E-state index is 0.669. The summed E-state index contributed by atoms with van der Waals surface area (Å²) in [5.74, 6) is 1.43. The number of fused-ring (bicyclic) bond motifs is 1. The summed E-state index contributed by atoms with van der Waals surface area (Å²) in [5.41, 5.74) is 4.45. The van der Waals surface area contributed by atoms with Crippen molar-refractivity contribution < 1.29 is 0 Å². The second-order valence-corrected chi connectivity index (χ2v) is 7.61. The van der Waals surface area contributed by atoms with Crippen molar-refractivity contribution in [2.24, 2.45) is 0 Å². The summed E-state index contributed by atoms with van der Waals surface area (Å²) in [4.78, 5) is 13.9. The monoisotopic (exact) mass is 404 g/mol. The van der Waals surface area contributed by atoms with Crippen molar-refractivity contribution in [1.29, 1.82) is 0 Å². The molecule has 0 saturated heterocycles. The van der Waals surface area contributed by atoms with Gasteiger partial charge in [0.1, 0.15) is 5.65 Å². The maximum Gasteiger partial charge on any atom is 0.161 e. The van der Waals surface area contributed by atoms with E-state index in [0.717, 1.165) is 33.4 Å². The quantitative estimate of drug-likeness (QED) is 0.470. The van der Waals surface area contributed by atoms with Crippen LogP contribution < -0.4 is 0 Å². The number of nitrogens with zero attached hydrogens (tertiary/aromatic N) is 4. The first kappa shape index (κ1) is 15.7. The van der Waals surface area contributed by atoms with Crippen LogP contribution in [-0.2, 0) is 6.54 Å². The Kier molecular flexibility index (Phi) is 3.82. The highest BCUT2D eigenvalue weighted by Crippen LogP contribution is 2.39. The van der Waals surface area contributed by atoms with E-state index in [1.807, 2.05) is 30.7 Å². The summed E-state index contributed by atoms with van der Waals surface area (Å²) in [5, 5.41) is 1.08. The molecule has 0 bridgehead atoms. The molecule has 1 aliphatic carbocycles. The number of pyridine rings is 1. The van der Waals surface area contributed by atoms with E-state index < -0.39 is 0 Å². The summed E-state index contributed by atoms with van der Waals surface area (Å²) in [7, 11) is 0. The van der Waals surface area contributed by atoms with Gasteiger partial charge < -0.3 is 4.57 Å². The lowest BCUT2D eigenvalue weighted by atomic mass is 10.2. The van der Waals surface area contributed by atoms with Gasteiger partial charge in [-0.3, -0.25) is 0 Å². The van der Waals surface area contributed by atoms with Gasteiger partial charge in [-0.15, -0.1) is 0 Å². The highest BCUT2D eigenvalue weighted by molar-refractivity contribution is 9.10. The maximum atomic E-state index is 4.64. The molecule has 0 atom stereocenters. The number of hydrogen-bond acceptors (Lipinski definition) is 3. The van der Waals surface area contributed by atoms with Crippen LogP contribution in [0.1, 0.15) is 29.9 Å². The summed E-state index contributed by atoms with van der Waals surface area (Å²) in [6.45, 7) is 0.745. The van der Waals surface area contributed by atoms with E-state index in [1.54, 1.807) is 0 Å². The lowest BCUT2D eigenvalue weighted by Gasteiger charge is -2.06. The zero-order valence-electron chi connectivity index (χ0n) is 14.1. The third kappa shape index (κ3) is 2.82. The van der Waals surface area contributed by atoms with Crippen LogP contribution in [0, 0.1) is 0 Å². The van der Waals surface area contributed by atoms with Crippen LogP contribution in [0.4, 0.5) is 0 Å². The van der Waals surface area contributed by atoms with Gasteiger partial charge in [-0.1, -0.05) is 34.1 Å². The molecule has 26 heavy (non-hydrogen) atoms. The number of halogens is 1. The summed E-state index contributed by atoms with van der Waals surface area (Å²) in [6.07, 6.45) is 10.4. The zero-order valence-corrected chi connectivity index (χ0v) is 15.7. The van der Waals surface area contributed by atoms with Gasteiger partial charge in [0.2, 0.25) is 0 Å². The molecular weight excluding hydrogens is 388 g/mol. The number of benzene rings is 1. The fourth-order valence-corrected chi connectivity index (χ4v) is 3.75. The van der Waals surface area contributed by atoms with Crippen molar-refractivity contribution >= 4 is 27.0 Å². The van der Waals surface area contributed by atoms with Crippen LogP contribution in [0.2, 0.25) is 0 Å². The number of rotatable bonds is 4. The van der Waals surface area contributed by atoms with E-state index in [9.17, 15) is 0 Å². The van der Waals surface area contributed by atoms with E-state index in [4.69, 9.17) is 0 Å². The molecule has 5 heteroatoms. The Morgan fingerprint density at radius 2 is 1.81 bits per heavy atom. The van der Waals surface area contributed by atoms with Gasteiger partial charge in [0.05, 0.1) is 6.54 Å². The topological polar surface area (TPSA) is 43.6 Å². The molecular formula is C21H17BrN4. The largest absolute Gasteiger partial charge is 0.327 e. The molecule has 4 nitrogen and oxygen atoms in total. The Bertz CT molecular complexity index is 1080. The van der Waals surface area contributed by atoms with Crippen molar-refractivity contribution in [2.75, 3.05) is 0 Å². The van der Waals surface area contributed by atoms with Crippen LogP contribution in [0.5, 0.6) is 0 Å². The Balaban J connectivity index is 1.59. The first-order chi connectivity index (χ1) is 12.8. The van der Waals surface area contributed by atoms with Crippen LogP contribution in [0.25, 0.3) is 22.4 Å². The Hall–Kier alpha value is -2.53. The summed E-state index contributed by atoms with van der Waals surface area (Å²) in [6, 6.07) is 12.3. The van der Waals surface area contributed by atoms with Gasteiger partial charge in [-0.2, -0.15) is 0 Å².